The van der Waals surface area contributed by atoms with E-state index in [0.29, 0.717) is 12.5 Å². The van der Waals surface area contributed by atoms with E-state index < -0.39 is 7.81 Å². The second kappa shape index (κ2) is 16.9. The minimum absolute atomic E-state index is 0. The molecule has 0 spiro atoms. The Balaban J connectivity index is 0.000000223. The quantitative estimate of drug-likeness (QED) is 0.0849. The molecule has 4 aromatic heterocycles. The van der Waals surface area contributed by atoms with E-state index >= 15 is 0 Å². The number of hydrogen-bond acceptors (Lipinski definition) is 7. The summed E-state index contributed by atoms with van der Waals surface area (Å²) in [7, 11) is -10.7. The molecule has 15 heteroatoms. The molecule has 7 nitrogen and oxygen atoms in total. The fraction of sp³-hybridized carbons (Fsp3) is 0.0938. The Morgan fingerprint density at radius 3 is 1.28 bits per heavy atom. The number of pyridine rings is 4. The van der Waals surface area contributed by atoms with Crippen molar-refractivity contribution in [1.29, 1.82) is 0 Å². The molecular weight excluding hydrogens is 732 g/mol. The molecule has 0 saturated carbocycles. The number of aromatic nitrogens is 4. The van der Waals surface area contributed by atoms with Gasteiger partial charge in [-0.25, -0.2) is 4.99 Å². The molecule has 5 heterocycles. The minimum Gasteiger partial charge on any atom is -0.255 e. The number of nitrogens with zero attached hydrogens (tertiary/aromatic N) is 5. The van der Waals surface area contributed by atoms with Gasteiger partial charge in [0.15, 0.2) is 0 Å². The standard InChI is InChI=1S/C12H13NO2.2C10H8N2.F6P.Ru/c1-9(14)7-12-13-11(8-15-12)10-5-3-2-4-6-10;2*1-3-7-11-9(5-1)10-6-2-4-8-12-10;1-7(2,3,4,5)6;/h2-7,11,14H,8H2,1H3;2*1-8H;;/q;;;-1;+1/b9-7-;;;;/t11-;;;;/m1..../s1. The van der Waals surface area contributed by atoms with Gasteiger partial charge in [-0.15, -0.1) is 0 Å². The predicted molar refractivity (Wildman–Crippen MR) is 167 cm³/mol. The van der Waals surface area contributed by atoms with Crippen molar-refractivity contribution in [3.8, 4) is 22.8 Å². The second-order valence-electron chi connectivity index (χ2n) is 9.31. The summed E-state index contributed by atoms with van der Waals surface area (Å²) < 4.78 is 64.5. The largest absolute Gasteiger partial charge is 1.00 e. The van der Waals surface area contributed by atoms with Crippen molar-refractivity contribution in [2.45, 2.75) is 13.0 Å². The summed E-state index contributed by atoms with van der Waals surface area (Å²) >= 11 is 0. The van der Waals surface area contributed by atoms with E-state index in [1.54, 1.807) is 31.7 Å². The van der Waals surface area contributed by atoms with Gasteiger partial charge in [0.2, 0.25) is 5.90 Å². The fourth-order valence-electron chi connectivity index (χ4n) is 3.55. The second-order valence-corrected chi connectivity index (χ2v) is 11.2. The first-order valence-electron chi connectivity index (χ1n) is 13.5. The van der Waals surface area contributed by atoms with E-state index in [4.69, 9.17) is 9.84 Å². The first-order chi connectivity index (χ1) is 21.6. The summed E-state index contributed by atoms with van der Waals surface area (Å²) in [5.74, 6) is 0.714. The number of ether oxygens (including phenoxy) is 1. The van der Waals surface area contributed by atoms with Crippen LogP contribution in [0.5, 0.6) is 0 Å². The van der Waals surface area contributed by atoms with Crippen LogP contribution in [-0.4, -0.2) is 37.5 Å². The zero-order valence-electron chi connectivity index (χ0n) is 24.6. The number of aliphatic hydroxyl groups excluding tert-OH is 1. The van der Waals surface area contributed by atoms with Gasteiger partial charge in [0.1, 0.15) is 12.6 Å². The Morgan fingerprint density at radius 2 is 0.979 bits per heavy atom. The summed E-state index contributed by atoms with van der Waals surface area (Å²) in [4.78, 5) is 21.1. The average Bonchev–Trinajstić information content (AvgIpc) is 3.50. The number of aliphatic imine (C=N–C) groups is 1. The molecule has 5 aromatic rings. The first-order valence-corrected chi connectivity index (χ1v) is 15.5. The third-order valence-corrected chi connectivity index (χ3v) is 5.37. The normalized spacial score (nSPS) is 15.1. The van der Waals surface area contributed by atoms with E-state index in [-0.39, 0.29) is 31.3 Å². The fourth-order valence-corrected chi connectivity index (χ4v) is 3.55. The van der Waals surface area contributed by atoms with Gasteiger partial charge < -0.3 is 9.84 Å². The van der Waals surface area contributed by atoms with Gasteiger partial charge in [-0.05, 0) is 61.0 Å². The van der Waals surface area contributed by atoms with Crippen molar-refractivity contribution in [1.82, 2.24) is 19.9 Å². The molecule has 1 aliphatic heterocycles. The van der Waals surface area contributed by atoms with Crippen LogP contribution in [0.15, 0.2) is 145 Å². The molecule has 0 aliphatic carbocycles. The van der Waals surface area contributed by atoms with E-state index in [1.807, 2.05) is 103 Å². The predicted octanol–water partition coefficient (Wildman–Crippen LogP) is 10.3. The van der Waals surface area contributed by atoms with Crippen molar-refractivity contribution in [3.05, 3.63) is 145 Å². The molecule has 0 bridgehead atoms. The van der Waals surface area contributed by atoms with Crippen molar-refractivity contribution in [3.63, 3.8) is 0 Å². The van der Waals surface area contributed by atoms with Crippen LogP contribution in [0.4, 0.5) is 25.2 Å². The zero-order chi connectivity index (χ0) is 33.5. The molecule has 0 unspecified atom stereocenters. The van der Waals surface area contributed by atoms with Crippen LogP contribution in [-0.2, 0) is 24.2 Å². The molecular formula is C32H29F6N5O2PRu. The van der Waals surface area contributed by atoms with Gasteiger partial charge in [0.25, 0.3) is 0 Å². The average molecular weight is 762 g/mol. The van der Waals surface area contributed by atoms with Crippen molar-refractivity contribution in [2.75, 3.05) is 6.61 Å². The van der Waals surface area contributed by atoms with E-state index in [0.717, 1.165) is 28.3 Å². The SMILES string of the molecule is C/C(O)=C/C1=N[C@@H](c2ccccc2)CO1.F[P-](F)(F)(F)(F)F.[Ru+].c1ccc(-c2ccccn2)nc1.c1ccc(-c2ccccn2)nc1. The summed E-state index contributed by atoms with van der Waals surface area (Å²) in [6.45, 7) is 2.14. The number of benzene rings is 1. The van der Waals surface area contributed by atoms with Crippen LogP contribution < -0.4 is 0 Å². The smallest absolute Gasteiger partial charge is 0.255 e. The van der Waals surface area contributed by atoms with Crippen molar-refractivity contribution < 1.29 is 54.5 Å². The number of rotatable bonds is 4. The first kappa shape index (κ1) is 38.6. The van der Waals surface area contributed by atoms with Gasteiger partial charge in [-0.2, -0.15) is 0 Å². The van der Waals surface area contributed by atoms with Gasteiger partial charge in [0.05, 0.1) is 28.5 Å². The maximum Gasteiger partial charge on any atom is 1.00 e. The molecule has 1 aliphatic rings. The zero-order valence-corrected chi connectivity index (χ0v) is 27.3. The molecule has 0 fully saturated rings. The van der Waals surface area contributed by atoms with Crippen LogP contribution in [0.25, 0.3) is 22.8 Å². The van der Waals surface area contributed by atoms with E-state index in [2.05, 4.69) is 24.9 Å². The van der Waals surface area contributed by atoms with Crippen LogP contribution in [0, 0.1) is 0 Å². The van der Waals surface area contributed by atoms with Gasteiger partial charge in [-0.3, -0.25) is 19.9 Å². The number of halogens is 6. The van der Waals surface area contributed by atoms with Crippen LogP contribution >= 0.6 is 7.81 Å². The number of hydrogen-bond donors (Lipinski definition) is 1. The molecule has 6 rings (SSSR count). The van der Waals surface area contributed by atoms with Gasteiger partial charge in [0, 0.05) is 30.9 Å². The van der Waals surface area contributed by atoms with Crippen LogP contribution in [0.2, 0.25) is 0 Å². The van der Waals surface area contributed by atoms with Crippen molar-refractivity contribution >= 4 is 13.7 Å². The Labute approximate surface area is 280 Å². The Hall–Kier alpha value is -4.54. The molecule has 1 radical (unpaired) electrons. The Bertz CT molecular complexity index is 1530. The van der Waals surface area contributed by atoms with Crippen LogP contribution in [0.1, 0.15) is 18.5 Å². The minimum atomic E-state index is -10.7. The number of allylic oxidation sites excluding steroid dienone is 1. The molecule has 1 atom stereocenters. The summed E-state index contributed by atoms with van der Waals surface area (Å²) in [5.41, 5.74) is 4.80. The third kappa shape index (κ3) is 17.7. The molecule has 249 valence electrons. The Kier molecular flexibility index (Phi) is 13.9. The number of aliphatic hydroxyl groups is 1. The molecule has 47 heavy (non-hydrogen) atoms. The summed E-state index contributed by atoms with van der Waals surface area (Å²) in [6, 6.07) is 33.2. The molecule has 1 N–H and O–H groups in total. The van der Waals surface area contributed by atoms with E-state index in [9.17, 15) is 25.2 Å². The maximum atomic E-state index is 9.87. The van der Waals surface area contributed by atoms with Gasteiger partial charge in [-0.1, -0.05) is 54.6 Å². The molecule has 1 aromatic carbocycles. The van der Waals surface area contributed by atoms with E-state index in [1.165, 1.54) is 6.08 Å². The Morgan fingerprint density at radius 1 is 0.638 bits per heavy atom. The monoisotopic (exact) mass is 762 g/mol. The maximum absolute atomic E-state index is 10.7. The molecule has 0 amide bonds. The summed E-state index contributed by atoms with van der Waals surface area (Å²) in [5, 5.41) is 9.07. The van der Waals surface area contributed by atoms with Crippen LogP contribution in [0.3, 0.4) is 0 Å². The van der Waals surface area contributed by atoms with Gasteiger partial charge >= 0.3 is 52.5 Å². The van der Waals surface area contributed by atoms with Crippen molar-refractivity contribution in [2.24, 2.45) is 4.99 Å². The topological polar surface area (TPSA) is 93.4 Å². The summed E-state index contributed by atoms with van der Waals surface area (Å²) in [6.07, 6.45) is 8.60. The molecule has 0 saturated heterocycles. The third-order valence-electron chi connectivity index (χ3n) is 5.37.